The van der Waals surface area contributed by atoms with Gasteiger partial charge in [-0.1, -0.05) is 6.07 Å². The predicted octanol–water partition coefficient (Wildman–Crippen LogP) is 4.83. The summed E-state index contributed by atoms with van der Waals surface area (Å²) in [7, 11) is 0. The Morgan fingerprint density at radius 3 is 2.22 bits per heavy atom. The van der Waals surface area contributed by atoms with Gasteiger partial charge in [-0.15, -0.1) is 0 Å². The molecule has 5 amide bonds. The molecule has 8 rings (SSSR count). The first-order chi connectivity index (χ1) is 30.2. The number of amides is 5. The molecule has 0 radical (unpaired) electrons. The summed E-state index contributed by atoms with van der Waals surface area (Å²) in [5.41, 5.74) is 0.310. The standard InChI is InChI=1S/C45H49F4N9O5/c46-36-23-33-34(44(63)58(43(33)62)37-2-1-3-40(59)53-42(37)61)24-38(36)57-20-18-55(19-21-57)27-29-9-14-54(15-10-29)13-8-28-4-7-39(51-26-28)52-41(60)30-11-16-56(17-12-30)32-6-5-31(25-50)35(22-32)45(47,48)49/h4-7,22-24,26,29-30,37H,1-3,8-21,27H2,(H,51,52,60)(H,53,59,61). The van der Waals surface area contributed by atoms with Crippen molar-refractivity contribution >= 4 is 46.7 Å². The van der Waals surface area contributed by atoms with Crippen LogP contribution in [0.25, 0.3) is 0 Å². The quantitative estimate of drug-likeness (QED) is 0.212. The highest BCUT2D eigenvalue weighted by Gasteiger charge is 2.45. The van der Waals surface area contributed by atoms with E-state index in [1.54, 1.807) is 18.3 Å². The van der Waals surface area contributed by atoms with Gasteiger partial charge in [0, 0.05) is 76.6 Å². The molecule has 3 aromatic rings. The summed E-state index contributed by atoms with van der Waals surface area (Å²) in [5, 5.41) is 14.2. The number of carbonyl (C=O) groups excluding carboxylic acids is 5. The molecular weight excluding hydrogens is 823 g/mol. The molecule has 1 unspecified atom stereocenters. The van der Waals surface area contributed by atoms with Crippen LogP contribution < -0.4 is 20.4 Å². The number of pyridine rings is 1. The average molecular weight is 872 g/mol. The van der Waals surface area contributed by atoms with Gasteiger partial charge in [-0.2, -0.15) is 18.4 Å². The topological polar surface area (TPSA) is 162 Å². The maximum Gasteiger partial charge on any atom is 0.417 e. The highest BCUT2D eigenvalue weighted by Crippen LogP contribution is 2.36. The minimum absolute atomic E-state index is 0.0676. The van der Waals surface area contributed by atoms with E-state index in [0.717, 1.165) is 81.1 Å². The number of hydrogen-bond acceptors (Lipinski definition) is 11. The second-order valence-electron chi connectivity index (χ2n) is 17.1. The third kappa shape index (κ3) is 9.69. The molecule has 4 fully saturated rings. The van der Waals surface area contributed by atoms with Crippen molar-refractivity contribution in [2.45, 2.75) is 63.6 Å². The zero-order valence-corrected chi connectivity index (χ0v) is 34.8. The average Bonchev–Trinajstić information content (AvgIpc) is 3.38. The number of piperidine rings is 2. The zero-order valence-electron chi connectivity index (χ0n) is 34.8. The maximum absolute atomic E-state index is 15.5. The summed E-state index contributed by atoms with van der Waals surface area (Å²) in [6.45, 7) is 7.16. The number of hydrogen-bond donors (Lipinski definition) is 2. The van der Waals surface area contributed by atoms with Crippen LogP contribution in [0.2, 0.25) is 0 Å². The molecule has 0 bridgehead atoms. The number of nitriles is 1. The molecule has 4 saturated heterocycles. The molecule has 2 aromatic carbocycles. The van der Waals surface area contributed by atoms with E-state index in [9.17, 15) is 37.1 Å². The summed E-state index contributed by atoms with van der Waals surface area (Å²) in [6, 6.07) is 10.5. The Morgan fingerprint density at radius 1 is 0.841 bits per heavy atom. The smallest absolute Gasteiger partial charge is 0.371 e. The van der Waals surface area contributed by atoms with Gasteiger partial charge in [0.05, 0.1) is 34.0 Å². The second-order valence-corrected chi connectivity index (χ2v) is 17.1. The van der Waals surface area contributed by atoms with Crippen molar-refractivity contribution in [1.29, 1.82) is 5.26 Å². The van der Waals surface area contributed by atoms with E-state index in [-0.39, 0.29) is 41.5 Å². The molecule has 0 aliphatic carbocycles. The molecule has 14 nitrogen and oxygen atoms in total. The first kappa shape index (κ1) is 43.7. The van der Waals surface area contributed by atoms with Gasteiger partial charge in [-0.3, -0.25) is 39.1 Å². The molecule has 5 aliphatic rings. The Morgan fingerprint density at radius 2 is 1.56 bits per heavy atom. The lowest BCUT2D eigenvalue weighted by atomic mass is 9.95. The van der Waals surface area contributed by atoms with E-state index in [1.165, 1.54) is 18.2 Å². The largest absolute Gasteiger partial charge is 0.417 e. The second kappa shape index (κ2) is 18.4. The fraction of sp³-hybridized carbons (Fsp3) is 0.489. The lowest BCUT2D eigenvalue weighted by molar-refractivity contribution is -0.138. The first-order valence-electron chi connectivity index (χ1n) is 21.6. The summed E-state index contributed by atoms with van der Waals surface area (Å²) >= 11 is 0. The Kier molecular flexibility index (Phi) is 12.8. The van der Waals surface area contributed by atoms with Gasteiger partial charge in [0.25, 0.3) is 11.8 Å². The number of nitrogens with one attached hydrogen (secondary N) is 2. The van der Waals surface area contributed by atoms with E-state index < -0.39 is 52.8 Å². The Labute approximate surface area is 362 Å². The van der Waals surface area contributed by atoms with Gasteiger partial charge in [-0.05, 0) is 106 Å². The molecular formula is C45H49F4N9O5. The van der Waals surface area contributed by atoms with Gasteiger partial charge in [0.2, 0.25) is 17.7 Å². The Balaban J connectivity index is 0.739. The van der Waals surface area contributed by atoms with Crippen LogP contribution in [0.4, 0.5) is 34.8 Å². The summed E-state index contributed by atoms with van der Waals surface area (Å²) < 4.78 is 55.9. The van der Waals surface area contributed by atoms with Crippen LogP contribution in [0.3, 0.4) is 0 Å². The summed E-state index contributed by atoms with van der Waals surface area (Å²) in [6.07, 6.45) is 1.65. The Hall–Kier alpha value is -5.93. The van der Waals surface area contributed by atoms with Crippen molar-refractivity contribution in [3.63, 3.8) is 0 Å². The van der Waals surface area contributed by atoms with E-state index in [0.29, 0.717) is 62.9 Å². The molecule has 63 heavy (non-hydrogen) atoms. The zero-order chi connectivity index (χ0) is 44.4. The number of rotatable bonds is 10. The molecule has 1 aromatic heterocycles. The molecule has 18 heteroatoms. The third-order valence-electron chi connectivity index (χ3n) is 13.1. The minimum Gasteiger partial charge on any atom is -0.371 e. The van der Waals surface area contributed by atoms with E-state index in [4.69, 9.17) is 5.26 Å². The van der Waals surface area contributed by atoms with Crippen LogP contribution in [0.1, 0.15) is 82.4 Å². The van der Waals surface area contributed by atoms with Crippen molar-refractivity contribution in [1.82, 2.24) is 25.0 Å². The highest BCUT2D eigenvalue weighted by atomic mass is 19.4. The van der Waals surface area contributed by atoms with E-state index >= 15 is 4.39 Å². The third-order valence-corrected chi connectivity index (χ3v) is 13.1. The number of fused-ring (bicyclic) bond motifs is 1. The van der Waals surface area contributed by atoms with Gasteiger partial charge in [0.15, 0.2) is 0 Å². The predicted molar refractivity (Wildman–Crippen MR) is 223 cm³/mol. The first-order valence-corrected chi connectivity index (χ1v) is 21.6. The monoisotopic (exact) mass is 871 g/mol. The molecule has 332 valence electrons. The fourth-order valence-corrected chi connectivity index (χ4v) is 9.46. The van der Waals surface area contributed by atoms with Gasteiger partial charge in [0.1, 0.15) is 17.7 Å². The van der Waals surface area contributed by atoms with Crippen LogP contribution in [-0.4, -0.2) is 121 Å². The molecule has 2 N–H and O–H groups in total. The number of piperazine rings is 1. The van der Waals surface area contributed by atoms with Crippen molar-refractivity contribution in [2.24, 2.45) is 11.8 Å². The maximum atomic E-state index is 15.5. The molecule has 1 atom stereocenters. The SMILES string of the molecule is N#Cc1ccc(N2CCC(C(=O)Nc3ccc(CCN4CCC(CN5CCN(c6cc7c(cc6F)C(=O)N(C6CCCC(=O)NC6=O)C7=O)CC5)CC4)cn3)CC2)cc1C(F)(F)F. The number of halogens is 4. The normalized spacial score (nSPS) is 21.0. The number of anilines is 3. The van der Waals surface area contributed by atoms with Crippen LogP contribution >= 0.6 is 0 Å². The number of aromatic nitrogens is 1. The molecule has 0 saturated carbocycles. The molecule has 5 aliphatic heterocycles. The van der Waals surface area contributed by atoms with Crippen molar-refractivity contribution in [3.05, 3.63) is 82.3 Å². The van der Waals surface area contributed by atoms with Crippen LogP contribution in [0.15, 0.2) is 48.7 Å². The number of carbonyl (C=O) groups is 5. The summed E-state index contributed by atoms with van der Waals surface area (Å²) in [4.78, 5) is 78.0. The summed E-state index contributed by atoms with van der Waals surface area (Å²) in [5.74, 6) is -2.61. The van der Waals surface area contributed by atoms with Crippen molar-refractivity contribution in [3.8, 4) is 6.07 Å². The minimum atomic E-state index is -4.63. The number of likely N-dealkylation sites (tertiary alicyclic amines) is 1. The van der Waals surface area contributed by atoms with Crippen LogP contribution in [0.5, 0.6) is 0 Å². The lowest BCUT2D eigenvalue weighted by Crippen LogP contribution is -2.49. The molecule has 0 spiro atoms. The van der Waals surface area contributed by atoms with Crippen LogP contribution in [0, 0.1) is 29.0 Å². The lowest BCUT2D eigenvalue weighted by Gasteiger charge is -2.39. The fourth-order valence-electron chi connectivity index (χ4n) is 9.46. The van der Waals surface area contributed by atoms with Gasteiger partial charge >= 0.3 is 6.18 Å². The van der Waals surface area contributed by atoms with E-state index in [2.05, 4.69) is 25.4 Å². The van der Waals surface area contributed by atoms with Gasteiger partial charge < -0.3 is 20.0 Å². The van der Waals surface area contributed by atoms with Crippen molar-refractivity contribution < 1.29 is 41.5 Å². The van der Waals surface area contributed by atoms with Crippen molar-refractivity contribution in [2.75, 3.05) is 80.6 Å². The van der Waals surface area contributed by atoms with Crippen LogP contribution in [-0.2, 0) is 27.0 Å². The van der Waals surface area contributed by atoms with Gasteiger partial charge in [-0.25, -0.2) is 9.37 Å². The number of alkyl halides is 3. The number of benzene rings is 2. The molecule has 6 heterocycles. The Bertz CT molecular complexity index is 2290. The highest BCUT2D eigenvalue weighted by molar-refractivity contribution is 6.23. The number of nitrogens with zero attached hydrogens (tertiary/aromatic N) is 7. The number of imide groups is 2. The van der Waals surface area contributed by atoms with E-state index in [1.807, 2.05) is 15.9 Å².